The van der Waals surface area contributed by atoms with Crippen LogP contribution in [0.5, 0.6) is 0 Å². The molecule has 1 fully saturated rings. The minimum absolute atomic E-state index is 0.0681. The lowest BCUT2D eigenvalue weighted by Gasteiger charge is -2.17. The van der Waals surface area contributed by atoms with Crippen LogP contribution in [0.4, 0.5) is 4.39 Å². The molecule has 0 aliphatic carbocycles. The zero-order valence-electron chi connectivity index (χ0n) is 13.1. The van der Waals surface area contributed by atoms with Crippen molar-refractivity contribution in [2.45, 2.75) is 13.3 Å². The number of nitrogens with zero attached hydrogens (tertiary/aromatic N) is 1. The fourth-order valence-corrected chi connectivity index (χ4v) is 2.95. The highest BCUT2D eigenvalue weighted by molar-refractivity contribution is 5.95. The van der Waals surface area contributed by atoms with Gasteiger partial charge < -0.3 is 10.0 Å². The van der Waals surface area contributed by atoms with E-state index in [0.717, 1.165) is 23.1 Å². The summed E-state index contributed by atoms with van der Waals surface area (Å²) in [7, 11) is 0. The summed E-state index contributed by atoms with van der Waals surface area (Å²) >= 11 is 0. The summed E-state index contributed by atoms with van der Waals surface area (Å²) in [6.07, 6.45) is 0.769. The topological polar surface area (TPSA) is 40.5 Å². The van der Waals surface area contributed by atoms with Crippen LogP contribution in [0, 0.1) is 18.7 Å². The van der Waals surface area contributed by atoms with Crippen LogP contribution in [0.3, 0.4) is 0 Å². The van der Waals surface area contributed by atoms with Gasteiger partial charge in [0.2, 0.25) is 0 Å². The molecule has 3 nitrogen and oxygen atoms in total. The molecule has 0 spiro atoms. The molecular weight excluding hydrogens is 293 g/mol. The Bertz CT molecular complexity index is 712. The van der Waals surface area contributed by atoms with Gasteiger partial charge in [-0.1, -0.05) is 35.9 Å². The Morgan fingerprint density at radius 2 is 1.91 bits per heavy atom. The molecule has 1 N–H and O–H groups in total. The van der Waals surface area contributed by atoms with Crippen molar-refractivity contribution in [2.24, 2.45) is 5.92 Å². The summed E-state index contributed by atoms with van der Waals surface area (Å²) in [5.41, 5.74) is 2.93. The Morgan fingerprint density at radius 3 is 2.52 bits per heavy atom. The minimum atomic E-state index is -0.500. The lowest BCUT2D eigenvalue weighted by molar-refractivity contribution is 0.0777. The van der Waals surface area contributed by atoms with Crippen molar-refractivity contribution in [1.82, 2.24) is 4.90 Å². The Hall–Kier alpha value is -2.20. The molecule has 2 aromatic rings. The highest BCUT2D eigenvalue weighted by Gasteiger charge is 2.27. The van der Waals surface area contributed by atoms with Crippen LogP contribution >= 0.6 is 0 Å². The van der Waals surface area contributed by atoms with Crippen molar-refractivity contribution in [1.29, 1.82) is 0 Å². The highest BCUT2D eigenvalue weighted by atomic mass is 19.1. The number of aryl methyl sites for hydroxylation is 1. The lowest BCUT2D eigenvalue weighted by Crippen LogP contribution is -2.29. The van der Waals surface area contributed by atoms with Gasteiger partial charge in [-0.15, -0.1) is 0 Å². The summed E-state index contributed by atoms with van der Waals surface area (Å²) in [6.45, 7) is 3.14. The molecule has 1 heterocycles. The summed E-state index contributed by atoms with van der Waals surface area (Å²) in [5.74, 6) is -0.691. The number of hydrogen-bond acceptors (Lipinski definition) is 2. The van der Waals surface area contributed by atoms with Gasteiger partial charge in [-0.05, 0) is 36.6 Å². The number of benzene rings is 2. The lowest BCUT2D eigenvalue weighted by atomic mass is 10.0. The number of halogens is 1. The van der Waals surface area contributed by atoms with Gasteiger partial charge in [-0.25, -0.2) is 4.39 Å². The highest BCUT2D eigenvalue weighted by Crippen LogP contribution is 2.24. The number of amides is 1. The van der Waals surface area contributed by atoms with Crippen molar-refractivity contribution in [2.75, 3.05) is 19.7 Å². The molecule has 0 aromatic heterocycles. The zero-order chi connectivity index (χ0) is 16.4. The molecule has 4 heteroatoms. The average molecular weight is 313 g/mol. The fourth-order valence-electron chi connectivity index (χ4n) is 2.95. The third-order valence-electron chi connectivity index (χ3n) is 4.42. The quantitative estimate of drug-likeness (QED) is 0.945. The average Bonchev–Trinajstić information content (AvgIpc) is 3.04. The van der Waals surface area contributed by atoms with E-state index in [1.807, 2.05) is 31.2 Å². The predicted octanol–water partition coefficient (Wildman–Crippen LogP) is 3.26. The molecule has 0 radical (unpaired) electrons. The zero-order valence-corrected chi connectivity index (χ0v) is 13.1. The van der Waals surface area contributed by atoms with Crippen molar-refractivity contribution in [3.05, 3.63) is 59.4 Å². The molecule has 23 heavy (non-hydrogen) atoms. The van der Waals surface area contributed by atoms with Gasteiger partial charge in [0.25, 0.3) is 5.91 Å². The maximum absolute atomic E-state index is 14.4. The van der Waals surface area contributed by atoms with Gasteiger partial charge in [0, 0.05) is 25.6 Å². The van der Waals surface area contributed by atoms with Gasteiger partial charge in [-0.2, -0.15) is 0 Å². The standard InChI is InChI=1S/C19H20FNO2/c1-13-2-4-15(5-3-13)16-6-7-17(18(20)10-16)19(23)21-9-8-14(11-21)12-22/h2-7,10,14,22H,8-9,11-12H2,1H3. The molecule has 1 saturated heterocycles. The van der Waals surface area contributed by atoms with E-state index >= 15 is 0 Å². The van der Waals surface area contributed by atoms with E-state index in [0.29, 0.717) is 13.1 Å². The molecule has 0 saturated carbocycles. The van der Waals surface area contributed by atoms with Crippen molar-refractivity contribution < 1.29 is 14.3 Å². The number of carbonyl (C=O) groups is 1. The van der Waals surface area contributed by atoms with Crippen molar-refractivity contribution >= 4 is 5.91 Å². The maximum atomic E-state index is 14.4. The number of hydrogen-bond donors (Lipinski definition) is 1. The number of carbonyl (C=O) groups excluding carboxylic acids is 1. The van der Waals surface area contributed by atoms with E-state index < -0.39 is 5.82 Å². The van der Waals surface area contributed by atoms with E-state index in [2.05, 4.69) is 0 Å². The second kappa shape index (κ2) is 6.50. The molecule has 2 aromatic carbocycles. The van der Waals surface area contributed by atoms with E-state index in [9.17, 15) is 9.18 Å². The smallest absolute Gasteiger partial charge is 0.256 e. The summed E-state index contributed by atoms with van der Waals surface area (Å²) < 4.78 is 14.4. The number of aliphatic hydroxyl groups is 1. The van der Waals surface area contributed by atoms with Gasteiger partial charge in [0.1, 0.15) is 5.82 Å². The third kappa shape index (κ3) is 3.27. The summed E-state index contributed by atoms with van der Waals surface area (Å²) in [4.78, 5) is 14.0. The summed E-state index contributed by atoms with van der Waals surface area (Å²) in [6, 6.07) is 12.6. The Balaban J connectivity index is 1.82. The second-order valence-electron chi connectivity index (χ2n) is 6.15. The maximum Gasteiger partial charge on any atom is 0.256 e. The first-order valence-corrected chi connectivity index (χ1v) is 7.85. The molecule has 3 rings (SSSR count). The number of likely N-dealkylation sites (tertiary alicyclic amines) is 1. The van der Waals surface area contributed by atoms with Crippen LogP contribution < -0.4 is 0 Å². The van der Waals surface area contributed by atoms with Crippen LogP contribution in [0.1, 0.15) is 22.3 Å². The molecule has 120 valence electrons. The van der Waals surface area contributed by atoms with Gasteiger partial charge in [-0.3, -0.25) is 4.79 Å². The molecule has 1 aliphatic rings. The largest absolute Gasteiger partial charge is 0.396 e. The van der Waals surface area contributed by atoms with Gasteiger partial charge >= 0.3 is 0 Å². The van der Waals surface area contributed by atoms with Crippen LogP contribution in [-0.4, -0.2) is 35.6 Å². The molecular formula is C19H20FNO2. The van der Waals surface area contributed by atoms with E-state index in [-0.39, 0.29) is 24.0 Å². The Labute approximate surface area is 135 Å². The first-order chi connectivity index (χ1) is 11.1. The van der Waals surface area contributed by atoms with Gasteiger partial charge in [0.05, 0.1) is 5.56 Å². The SMILES string of the molecule is Cc1ccc(-c2ccc(C(=O)N3CCC(CO)C3)c(F)c2)cc1. The Kier molecular flexibility index (Phi) is 4.44. The van der Waals surface area contributed by atoms with Crippen LogP contribution in [0.2, 0.25) is 0 Å². The summed E-state index contributed by atoms with van der Waals surface area (Å²) in [5, 5.41) is 9.16. The van der Waals surface area contributed by atoms with Crippen molar-refractivity contribution in [3.8, 4) is 11.1 Å². The normalized spacial score (nSPS) is 17.5. The predicted molar refractivity (Wildman–Crippen MR) is 87.7 cm³/mol. The first kappa shape index (κ1) is 15.7. The van der Waals surface area contributed by atoms with Crippen molar-refractivity contribution in [3.63, 3.8) is 0 Å². The Morgan fingerprint density at radius 1 is 1.22 bits per heavy atom. The third-order valence-corrected chi connectivity index (χ3v) is 4.42. The monoisotopic (exact) mass is 313 g/mol. The van der Waals surface area contributed by atoms with Crippen LogP contribution in [0.15, 0.2) is 42.5 Å². The first-order valence-electron chi connectivity index (χ1n) is 7.85. The molecule has 1 atom stereocenters. The molecule has 1 unspecified atom stereocenters. The van der Waals surface area contributed by atoms with Gasteiger partial charge in [0.15, 0.2) is 0 Å². The fraction of sp³-hybridized carbons (Fsp3) is 0.316. The molecule has 1 aliphatic heterocycles. The number of aliphatic hydroxyl groups excluding tert-OH is 1. The van der Waals surface area contributed by atoms with E-state index in [1.54, 1.807) is 17.0 Å². The van der Waals surface area contributed by atoms with E-state index in [4.69, 9.17) is 5.11 Å². The van der Waals surface area contributed by atoms with Crippen LogP contribution in [0.25, 0.3) is 11.1 Å². The second-order valence-corrected chi connectivity index (χ2v) is 6.15. The van der Waals surface area contributed by atoms with E-state index in [1.165, 1.54) is 6.07 Å². The molecule has 1 amide bonds. The van der Waals surface area contributed by atoms with Crippen LogP contribution in [-0.2, 0) is 0 Å². The molecule has 0 bridgehead atoms. The minimum Gasteiger partial charge on any atom is -0.396 e. The number of rotatable bonds is 3.